The lowest BCUT2D eigenvalue weighted by molar-refractivity contribution is -0.137. The number of carbonyl (C=O) groups excluding carboxylic acids is 1. The van der Waals surface area contributed by atoms with Gasteiger partial charge in [-0.05, 0) is 31.1 Å². The molecule has 2 heterocycles. The Morgan fingerprint density at radius 1 is 1.27 bits per heavy atom. The SMILES string of the molecule is O=C(NC1=C(Cl)C=CCC1)c1[nH]c2cc(C(F)(F)F)ccc2c1CN1CCOCC1. The van der Waals surface area contributed by atoms with Crippen LogP contribution in [0.5, 0.6) is 0 Å². The molecule has 2 aromatic rings. The average Bonchev–Trinajstić information content (AvgIpc) is 3.08. The predicted octanol–water partition coefficient (Wildman–Crippen LogP) is 4.55. The second-order valence-electron chi connectivity index (χ2n) is 7.35. The number of hydrogen-bond donors (Lipinski definition) is 2. The molecule has 0 atom stereocenters. The van der Waals surface area contributed by atoms with Gasteiger partial charge in [0.15, 0.2) is 0 Å². The van der Waals surface area contributed by atoms with Gasteiger partial charge in [-0.25, -0.2) is 0 Å². The van der Waals surface area contributed by atoms with E-state index in [9.17, 15) is 18.0 Å². The normalized spacial score (nSPS) is 18.3. The van der Waals surface area contributed by atoms with Gasteiger partial charge >= 0.3 is 6.18 Å². The molecule has 160 valence electrons. The topological polar surface area (TPSA) is 57.4 Å². The Balaban J connectivity index is 1.72. The number of aromatic amines is 1. The van der Waals surface area contributed by atoms with Crippen molar-refractivity contribution >= 4 is 28.4 Å². The van der Waals surface area contributed by atoms with Crippen molar-refractivity contribution < 1.29 is 22.7 Å². The fourth-order valence-electron chi connectivity index (χ4n) is 3.73. The fraction of sp³-hybridized carbons (Fsp3) is 0.381. The van der Waals surface area contributed by atoms with E-state index in [1.54, 1.807) is 6.08 Å². The van der Waals surface area contributed by atoms with E-state index in [2.05, 4.69) is 15.2 Å². The highest BCUT2D eigenvalue weighted by molar-refractivity contribution is 6.31. The summed E-state index contributed by atoms with van der Waals surface area (Å²) in [4.78, 5) is 18.1. The zero-order valence-corrected chi connectivity index (χ0v) is 16.9. The highest BCUT2D eigenvalue weighted by Gasteiger charge is 2.31. The van der Waals surface area contributed by atoms with Gasteiger partial charge in [-0.2, -0.15) is 13.2 Å². The van der Waals surface area contributed by atoms with E-state index >= 15 is 0 Å². The highest BCUT2D eigenvalue weighted by atomic mass is 35.5. The van der Waals surface area contributed by atoms with Crippen LogP contribution >= 0.6 is 11.6 Å². The molecule has 0 spiro atoms. The van der Waals surface area contributed by atoms with Crippen LogP contribution in [0.1, 0.15) is 34.5 Å². The summed E-state index contributed by atoms with van der Waals surface area (Å²) >= 11 is 6.18. The number of alkyl halides is 3. The second-order valence-corrected chi connectivity index (χ2v) is 7.75. The van der Waals surface area contributed by atoms with Gasteiger partial charge in [-0.15, -0.1) is 0 Å². The van der Waals surface area contributed by atoms with Gasteiger partial charge in [-0.3, -0.25) is 9.69 Å². The molecule has 1 aromatic heterocycles. The van der Waals surface area contributed by atoms with Gasteiger partial charge in [0, 0.05) is 41.8 Å². The van der Waals surface area contributed by atoms with E-state index in [1.807, 2.05) is 6.08 Å². The first kappa shape index (κ1) is 21.0. The first-order valence-electron chi connectivity index (χ1n) is 9.71. The third kappa shape index (κ3) is 4.40. The molecule has 0 bridgehead atoms. The molecule has 1 amide bonds. The maximum Gasteiger partial charge on any atom is 0.416 e. The number of amides is 1. The molecule has 1 fully saturated rings. The summed E-state index contributed by atoms with van der Waals surface area (Å²) in [5.41, 5.74) is 1.05. The first-order valence-corrected chi connectivity index (χ1v) is 10.1. The van der Waals surface area contributed by atoms with Crippen LogP contribution in [0.4, 0.5) is 13.2 Å². The summed E-state index contributed by atoms with van der Waals surface area (Å²) < 4.78 is 44.9. The van der Waals surface area contributed by atoms with Crippen molar-refractivity contribution in [3.8, 4) is 0 Å². The van der Waals surface area contributed by atoms with Crippen LogP contribution in [0.25, 0.3) is 10.9 Å². The van der Waals surface area contributed by atoms with Gasteiger partial charge in [0.2, 0.25) is 0 Å². The number of rotatable bonds is 4. The van der Waals surface area contributed by atoms with Gasteiger partial charge in [0.25, 0.3) is 5.91 Å². The van der Waals surface area contributed by atoms with Crippen LogP contribution in [-0.2, 0) is 17.5 Å². The van der Waals surface area contributed by atoms with Crippen molar-refractivity contribution in [2.24, 2.45) is 0 Å². The summed E-state index contributed by atoms with van der Waals surface area (Å²) in [6.07, 6.45) is 0.547. The number of H-pyrrole nitrogens is 1. The number of nitrogens with one attached hydrogen (secondary N) is 2. The molecular formula is C21H21ClF3N3O2. The lowest BCUT2D eigenvalue weighted by Gasteiger charge is -2.26. The van der Waals surface area contributed by atoms with Crippen molar-refractivity contribution in [2.45, 2.75) is 25.6 Å². The number of hydrogen-bond acceptors (Lipinski definition) is 3. The van der Waals surface area contributed by atoms with E-state index < -0.39 is 17.6 Å². The summed E-state index contributed by atoms with van der Waals surface area (Å²) in [5, 5.41) is 3.89. The van der Waals surface area contributed by atoms with Crippen molar-refractivity contribution in [3.05, 3.63) is 57.9 Å². The molecule has 1 saturated heterocycles. The Bertz CT molecular complexity index is 1020. The zero-order chi connectivity index (χ0) is 21.3. The monoisotopic (exact) mass is 439 g/mol. The highest BCUT2D eigenvalue weighted by Crippen LogP contribution is 2.33. The van der Waals surface area contributed by atoms with Crippen LogP contribution in [0.3, 0.4) is 0 Å². The number of ether oxygens (including phenoxy) is 1. The van der Waals surface area contributed by atoms with E-state index in [0.29, 0.717) is 60.9 Å². The maximum absolute atomic E-state index is 13.2. The molecule has 2 N–H and O–H groups in total. The zero-order valence-electron chi connectivity index (χ0n) is 16.1. The molecule has 4 rings (SSSR count). The van der Waals surface area contributed by atoms with Crippen LogP contribution in [0, 0.1) is 0 Å². The average molecular weight is 440 g/mol. The smallest absolute Gasteiger partial charge is 0.379 e. The maximum atomic E-state index is 13.2. The lowest BCUT2D eigenvalue weighted by Crippen LogP contribution is -2.36. The molecule has 30 heavy (non-hydrogen) atoms. The van der Waals surface area contributed by atoms with Crippen molar-refractivity contribution in [2.75, 3.05) is 26.3 Å². The van der Waals surface area contributed by atoms with E-state index in [-0.39, 0.29) is 11.2 Å². The minimum Gasteiger partial charge on any atom is -0.379 e. The van der Waals surface area contributed by atoms with E-state index in [4.69, 9.17) is 16.3 Å². The molecule has 2 aliphatic rings. The van der Waals surface area contributed by atoms with Crippen LogP contribution in [-0.4, -0.2) is 42.1 Å². The quantitative estimate of drug-likeness (QED) is 0.735. The van der Waals surface area contributed by atoms with Crippen molar-refractivity contribution in [3.63, 3.8) is 0 Å². The third-order valence-electron chi connectivity index (χ3n) is 5.32. The fourth-order valence-corrected chi connectivity index (χ4v) is 3.96. The van der Waals surface area contributed by atoms with Crippen LogP contribution < -0.4 is 5.32 Å². The minimum absolute atomic E-state index is 0.252. The second kappa shape index (κ2) is 8.45. The Kier molecular flexibility index (Phi) is 5.90. The molecule has 0 unspecified atom stereocenters. The lowest BCUT2D eigenvalue weighted by atomic mass is 10.1. The van der Waals surface area contributed by atoms with Crippen molar-refractivity contribution in [1.29, 1.82) is 0 Å². The van der Waals surface area contributed by atoms with Crippen LogP contribution in [0.2, 0.25) is 0 Å². The number of carbonyl (C=O) groups is 1. The molecule has 1 aliphatic carbocycles. The molecule has 1 aliphatic heterocycles. The molecular weight excluding hydrogens is 419 g/mol. The van der Waals surface area contributed by atoms with E-state index in [1.165, 1.54) is 6.07 Å². The van der Waals surface area contributed by atoms with Crippen LogP contribution in [0.15, 0.2) is 41.1 Å². The summed E-state index contributed by atoms with van der Waals surface area (Å²) in [6.45, 7) is 2.98. The Morgan fingerprint density at radius 3 is 2.73 bits per heavy atom. The number of halogens is 4. The number of allylic oxidation sites excluding steroid dienone is 4. The first-order chi connectivity index (χ1) is 14.3. The number of nitrogens with zero attached hydrogens (tertiary/aromatic N) is 1. The summed E-state index contributed by atoms with van der Waals surface area (Å²) in [6, 6.07) is 3.52. The third-order valence-corrected chi connectivity index (χ3v) is 5.68. The van der Waals surface area contributed by atoms with Crippen molar-refractivity contribution in [1.82, 2.24) is 15.2 Å². The molecule has 5 nitrogen and oxygen atoms in total. The molecule has 0 saturated carbocycles. The number of fused-ring (bicyclic) bond motifs is 1. The van der Waals surface area contributed by atoms with Gasteiger partial charge < -0.3 is 15.0 Å². The summed E-state index contributed by atoms with van der Waals surface area (Å²) in [7, 11) is 0. The van der Waals surface area contributed by atoms with Gasteiger partial charge in [0.1, 0.15) is 5.69 Å². The predicted molar refractivity (Wildman–Crippen MR) is 108 cm³/mol. The largest absolute Gasteiger partial charge is 0.416 e. The number of aromatic nitrogens is 1. The van der Waals surface area contributed by atoms with E-state index in [0.717, 1.165) is 18.6 Å². The summed E-state index contributed by atoms with van der Waals surface area (Å²) in [5.74, 6) is -0.411. The van der Waals surface area contributed by atoms with Gasteiger partial charge in [0.05, 0.1) is 23.8 Å². The minimum atomic E-state index is -4.46. The number of benzene rings is 1. The standard InChI is InChI=1S/C21H21ClF3N3O2/c22-16-3-1-2-4-17(16)27-20(29)19-15(12-28-7-9-30-10-8-28)14-6-5-13(21(23,24)25)11-18(14)26-19/h1,3,5-6,11,26H,2,4,7-10,12H2,(H,27,29). The Morgan fingerprint density at radius 2 is 2.03 bits per heavy atom. The Labute approximate surface area is 176 Å². The Hall–Kier alpha value is -2.29. The van der Waals surface area contributed by atoms with Gasteiger partial charge in [-0.1, -0.05) is 23.7 Å². The molecule has 1 aromatic carbocycles. The molecule has 0 radical (unpaired) electrons. The number of morpholine rings is 1. The molecule has 9 heteroatoms.